The quantitative estimate of drug-likeness (QED) is 0.391. The summed E-state index contributed by atoms with van der Waals surface area (Å²) in [5.41, 5.74) is 1.10. The van der Waals surface area contributed by atoms with Crippen LogP contribution >= 0.6 is 23.2 Å². The molecule has 0 spiro atoms. The monoisotopic (exact) mass is 426 g/mol. The predicted octanol–water partition coefficient (Wildman–Crippen LogP) is 4.13. The number of nitrogens with one attached hydrogen (secondary N) is 2. The zero-order valence-electron chi connectivity index (χ0n) is 17.1. The number of likely N-dealkylation sites (tertiary alicyclic amines) is 1. The lowest BCUT2D eigenvalue weighted by Crippen LogP contribution is -2.50. The van der Waals surface area contributed by atoms with Crippen LogP contribution in [-0.2, 0) is 11.2 Å². The number of aryl methyl sites for hydroxylation is 1. The minimum Gasteiger partial charge on any atom is -0.357 e. The van der Waals surface area contributed by atoms with Gasteiger partial charge in [-0.15, -0.1) is 0 Å². The van der Waals surface area contributed by atoms with Crippen LogP contribution in [-0.4, -0.2) is 49.0 Å². The minimum absolute atomic E-state index is 0.0672. The van der Waals surface area contributed by atoms with Gasteiger partial charge < -0.3 is 15.5 Å². The van der Waals surface area contributed by atoms with Crippen LogP contribution in [0.1, 0.15) is 45.6 Å². The molecule has 2 rings (SSSR count). The fraction of sp³-hybridized carbons (Fsp3) is 0.619. The van der Waals surface area contributed by atoms with Crippen molar-refractivity contribution in [1.82, 2.24) is 15.5 Å². The van der Waals surface area contributed by atoms with Crippen molar-refractivity contribution in [1.29, 1.82) is 0 Å². The van der Waals surface area contributed by atoms with Crippen LogP contribution in [0.3, 0.4) is 0 Å². The number of piperidine rings is 1. The van der Waals surface area contributed by atoms with Gasteiger partial charge in [-0.05, 0) is 50.3 Å². The maximum atomic E-state index is 12.1. The second-order valence-corrected chi connectivity index (χ2v) is 8.34. The molecule has 0 unspecified atom stereocenters. The van der Waals surface area contributed by atoms with E-state index < -0.39 is 0 Å². The zero-order valence-corrected chi connectivity index (χ0v) is 18.6. The van der Waals surface area contributed by atoms with E-state index >= 15 is 0 Å². The topological polar surface area (TPSA) is 56.7 Å². The van der Waals surface area contributed by atoms with Gasteiger partial charge in [0, 0.05) is 48.2 Å². The molecule has 0 aliphatic carbocycles. The maximum absolute atomic E-state index is 12.1. The van der Waals surface area contributed by atoms with E-state index in [9.17, 15) is 4.79 Å². The first kappa shape index (κ1) is 22.8. The Bertz CT molecular complexity index is 670. The lowest BCUT2D eigenvalue weighted by Gasteiger charge is -2.34. The Balaban J connectivity index is 1.80. The number of benzene rings is 1. The Morgan fingerprint density at radius 2 is 2.00 bits per heavy atom. The third-order valence-electron chi connectivity index (χ3n) is 4.87. The van der Waals surface area contributed by atoms with E-state index in [-0.39, 0.29) is 11.8 Å². The van der Waals surface area contributed by atoms with Gasteiger partial charge in [0.25, 0.3) is 0 Å². The molecule has 28 heavy (non-hydrogen) atoms. The summed E-state index contributed by atoms with van der Waals surface area (Å²) in [5, 5.41) is 8.21. The smallest absolute Gasteiger partial charge is 0.225 e. The zero-order chi connectivity index (χ0) is 20.5. The highest BCUT2D eigenvalue weighted by atomic mass is 35.5. The van der Waals surface area contributed by atoms with Crippen molar-refractivity contribution in [2.24, 2.45) is 10.9 Å². The summed E-state index contributed by atoms with van der Waals surface area (Å²) in [7, 11) is 0. The normalized spacial score (nSPS) is 15.8. The molecule has 0 saturated carbocycles. The molecule has 1 aromatic rings. The molecule has 156 valence electrons. The average molecular weight is 427 g/mol. The number of carbonyl (C=O) groups is 1. The number of aliphatic imine (C=N–C) groups is 1. The summed E-state index contributed by atoms with van der Waals surface area (Å²) in [6.07, 6.45) is 3.68. The third-order valence-corrected chi connectivity index (χ3v) is 5.46. The fourth-order valence-corrected chi connectivity index (χ4v) is 3.81. The van der Waals surface area contributed by atoms with Crippen molar-refractivity contribution in [3.63, 3.8) is 0 Å². The SMILES string of the molecule is CCNC(=NCCCc1ccc(Cl)cc1Cl)NC1CCN(C(=O)C(C)C)CC1. The lowest BCUT2D eigenvalue weighted by molar-refractivity contribution is -0.135. The van der Waals surface area contributed by atoms with Crippen molar-refractivity contribution < 1.29 is 4.79 Å². The molecule has 0 aromatic heterocycles. The molecule has 1 fully saturated rings. The highest BCUT2D eigenvalue weighted by molar-refractivity contribution is 6.35. The average Bonchev–Trinajstić information content (AvgIpc) is 2.66. The second-order valence-electron chi connectivity index (χ2n) is 7.50. The Morgan fingerprint density at radius 1 is 1.29 bits per heavy atom. The number of rotatable bonds is 7. The lowest BCUT2D eigenvalue weighted by atomic mass is 10.0. The Kier molecular flexibility index (Phi) is 9.39. The third kappa shape index (κ3) is 7.17. The number of nitrogens with zero attached hydrogens (tertiary/aromatic N) is 2. The first-order valence-corrected chi connectivity index (χ1v) is 10.9. The number of hydrogen-bond donors (Lipinski definition) is 2. The molecule has 1 saturated heterocycles. The molecular formula is C21H32Cl2N4O. The van der Waals surface area contributed by atoms with Crippen molar-refractivity contribution in [3.8, 4) is 0 Å². The molecular weight excluding hydrogens is 395 g/mol. The van der Waals surface area contributed by atoms with E-state index in [1.165, 1.54) is 0 Å². The van der Waals surface area contributed by atoms with Crippen LogP contribution in [0.15, 0.2) is 23.2 Å². The molecule has 1 aliphatic rings. The fourth-order valence-electron chi connectivity index (χ4n) is 3.31. The Labute approximate surface area is 178 Å². The predicted molar refractivity (Wildman–Crippen MR) is 118 cm³/mol. The van der Waals surface area contributed by atoms with E-state index in [0.29, 0.717) is 16.1 Å². The summed E-state index contributed by atoms with van der Waals surface area (Å²) in [6, 6.07) is 5.97. The van der Waals surface area contributed by atoms with E-state index in [1.54, 1.807) is 6.07 Å². The molecule has 1 amide bonds. The van der Waals surface area contributed by atoms with Crippen LogP contribution in [0, 0.1) is 5.92 Å². The number of guanidine groups is 1. The van der Waals surface area contributed by atoms with E-state index in [1.807, 2.05) is 30.9 Å². The van der Waals surface area contributed by atoms with Crippen LogP contribution in [0.4, 0.5) is 0 Å². The van der Waals surface area contributed by atoms with Gasteiger partial charge in [0.15, 0.2) is 5.96 Å². The summed E-state index contributed by atoms with van der Waals surface area (Å²) < 4.78 is 0. The van der Waals surface area contributed by atoms with E-state index in [4.69, 9.17) is 28.2 Å². The van der Waals surface area contributed by atoms with Gasteiger partial charge >= 0.3 is 0 Å². The standard InChI is InChI=1S/C21H32Cl2N4O/c1-4-24-21(25-11-5-6-16-7-8-17(22)14-19(16)23)26-18-9-12-27(13-10-18)20(28)15(2)3/h7-8,14-15,18H,4-6,9-13H2,1-3H3,(H2,24,25,26). The van der Waals surface area contributed by atoms with Crippen molar-refractivity contribution in [2.45, 2.75) is 52.5 Å². The molecule has 2 N–H and O–H groups in total. The van der Waals surface area contributed by atoms with Crippen LogP contribution < -0.4 is 10.6 Å². The first-order valence-electron chi connectivity index (χ1n) is 10.2. The molecule has 1 aliphatic heterocycles. The van der Waals surface area contributed by atoms with Crippen LogP contribution in [0.5, 0.6) is 0 Å². The second kappa shape index (κ2) is 11.5. The molecule has 1 aromatic carbocycles. The highest BCUT2D eigenvalue weighted by Gasteiger charge is 2.24. The van der Waals surface area contributed by atoms with Crippen LogP contribution in [0.25, 0.3) is 0 Å². The van der Waals surface area contributed by atoms with Gasteiger partial charge in [-0.3, -0.25) is 9.79 Å². The summed E-state index contributed by atoms with van der Waals surface area (Å²) in [4.78, 5) is 18.8. The summed E-state index contributed by atoms with van der Waals surface area (Å²) in [5.74, 6) is 1.16. The van der Waals surface area contributed by atoms with Crippen LogP contribution in [0.2, 0.25) is 10.0 Å². The number of halogens is 2. The van der Waals surface area contributed by atoms with Crippen molar-refractivity contribution in [2.75, 3.05) is 26.2 Å². The highest BCUT2D eigenvalue weighted by Crippen LogP contribution is 2.22. The van der Waals surface area contributed by atoms with Crippen molar-refractivity contribution in [3.05, 3.63) is 33.8 Å². The molecule has 0 radical (unpaired) electrons. The number of hydrogen-bond acceptors (Lipinski definition) is 2. The number of amides is 1. The Morgan fingerprint density at radius 3 is 2.61 bits per heavy atom. The van der Waals surface area contributed by atoms with Gasteiger partial charge in [-0.1, -0.05) is 43.1 Å². The van der Waals surface area contributed by atoms with Gasteiger partial charge in [-0.2, -0.15) is 0 Å². The maximum Gasteiger partial charge on any atom is 0.225 e. The molecule has 0 atom stereocenters. The number of carbonyl (C=O) groups excluding carboxylic acids is 1. The van der Waals surface area contributed by atoms with Gasteiger partial charge in [0.2, 0.25) is 5.91 Å². The molecule has 5 nitrogen and oxygen atoms in total. The Hall–Kier alpha value is -1.46. The molecule has 7 heteroatoms. The van der Waals surface area contributed by atoms with Gasteiger partial charge in [0.1, 0.15) is 0 Å². The molecule has 1 heterocycles. The van der Waals surface area contributed by atoms with E-state index in [2.05, 4.69) is 17.6 Å². The summed E-state index contributed by atoms with van der Waals surface area (Å²) in [6.45, 7) is 9.14. The van der Waals surface area contributed by atoms with E-state index in [0.717, 1.165) is 63.4 Å². The van der Waals surface area contributed by atoms with Crippen molar-refractivity contribution >= 4 is 35.1 Å². The minimum atomic E-state index is 0.0672. The molecule has 0 bridgehead atoms. The van der Waals surface area contributed by atoms with Gasteiger partial charge in [0.05, 0.1) is 0 Å². The van der Waals surface area contributed by atoms with Gasteiger partial charge in [-0.25, -0.2) is 0 Å². The summed E-state index contributed by atoms with van der Waals surface area (Å²) >= 11 is 12.2. The first-order chi connectivity index (χ1) is 13.4. The largest absolute Gasteiger partial charge is 0.357 e.